The number of hydrazone groups is 1. The number of amides is 2. The summed E-state index contributed by atoms with van der Waals surface area (Å²) in [5, 5.41) is 24.9. The van der Waals surface area contributed by atoms with Gasteiger partial charge in [-0.25, -0.2) is 5.43 Å². The fourth-order valence-electron chi connectivity index (χ4n) is 3.00. The Morgan fingerprint density at radius 3 is 2.38 bits per heavy atom. The first-order valence-corrected chi connectivity index (χ1v) is 12.1. The molecule has 0 fully saturated rings. The maximum Gasteiger partial charge on any atom is 0.573 e. The fraction of sp³-hybridized carbons (Fsp3) is 0.217. The van der Waals surface area contributed by atoms with Gasteiger partial charge in [-0.05, 0) is 48.9 Å². The Hall–Kier alpha value is -3.91. The Kier molecular flexibility index (Phi) is 8.55. The normalized spacial score (nSPS) is 11.8. The zero-order chi connectivity index (χ0) is 27.3. The second kappa shape index (κ2) is 11.4. The van der Waals surface area contributed by atoms with Crippen molar-refractivity contribution in [2.24, 2.45) is 5.10 Å². The van der Waals surface area contributed by atoms with Crippen LogP contribution < -0.4 is 10.2 Å². The minimum atomic E-state index is -4.81. The van der Waals surface area contributed by atoms with E-state index in [1.165, 1.54) is 36.2 Å². The fourth-order valence-corrected chi connectivity index (χ4v) is 4.90. The van der Waals surface area contributed by atoms with Crippen LogP contribution in [0.1, 0.15) is 38.3 Å². The Labute approximate surface area is 216 Å². The summed E-state index contributed by atoms with van der Waals surface area (Å²) in [7, 11) is 1.46. The van der Waals surface area contributed by atoms with Crippen LogP contribution in [0.15, 0.2) is 46.9 Å². The van der Waals surface area contributed by atoms with Crippen LogP contribution >= 0.6 is 22.7 Å². The Balaban J connectivity index is 1.66. The van der Waals surface area contributed by atoms with Crippen LogP contribution in [0.2, 0.25) is 0 Å². The average molecular weight is 556 g/mol. The van der Waals surface area contributed by atoms with Crippen molar-refractivity contribution < 1.29 is 42.5 Å². The molecule has 14 heteroatoms. The lowest BCUT2D eigenvalue weighted by atomic mass is 10.1. The first kappa shape index (κ1) is 27.7. The number of carbonyl (C=O) groups is 3. The highest BCUT2D eigenvalue weighted by Crippen LogP contribution is 2.39. The van der Waals surface area contributed by atoms with E-state index >= 15 is 0 Å². The Morgan fingerprint density at radius 2 is 1.76 bits per heavy atom. The second-order valence-corrected chi connectivity index (χ2v) is 9.54. The van der Waals surface area contributed by atoms with Gasteiger partial charge in [0.25, 0.3) is 11.8 Å². The van der Waals surface area contributed by atoms with Crippen molar-refractivity contribution in [3.8, 4) is 21.9 Å². The molecule has 2 amide bonds. The first-order valence-electron chi connectivity index (χ1n) is 10.4. The lowest BCUT2D eigenvalue weighted by Crippen LogP contribution is -2.28. The number of halogens is 3. The van der Waals surface area contributed by atoms with Crippen LogP contribution in [0.5, 0.6) is 11.5 Å². The van der Waals surface area contributed by atoms with E-state index in [1.807, 2.05) is 0 Å². The monoisotopic (exact) mass is 555 g/mol. The molecule has 0 bridgehead atoms. The van der Waals surface area contributed by atoms with Crippen LogP contribution in [0, 0.1) is 0 Å². The average Bonchev–Trinajstić information content (AvgIpc) is 3.47. The summed E-state index contributed by atoms with van der Waals surface area (Å²) in [4.78, 5) is 37.6. The third-order valence-corrected chi connectivity index (χ3v) is 6.97. The number of hydrogen-bond donors (Lipinski definition) is 3. The molecule has 2 aromatic heterocycles. The number of nitrogens with zero attached hydrogens (tertiary/aromatic N) is 2. The number of rotatable bonds is 9. The number of alkyl halides is 3. The molecule has 0 unspecified atom stereocenters. The highest BCUT2D eigenvalue weighted by molar-refractivity contribution is 7.16. The van der Waals surface area contributed by atoms with Crippen molar-refractivity contribution in [3.63, 3.8) is 0 Å². The summed E-state index contributed by atoms with van der Waals surface area (Å²) < 4.78 is 40.9. The van der Waals surface area contributed by atoms with Crippen molar-refractivity contribution >= 4 is 46.2 Å². The van der Waals surface area contributed by atoms with E-state index in [4.69, 9.17) is 5.11 Å². The summed E-state index contributed by atoms with van der Waals surface area (Å²) in [6, 6.07) is 7.91. The largest absolute Gasteiger partial charge is 0.573 e. The number of carboxylic acid groups (broad SMARTS) is 1. The number of aliphatic carboxylic acids is 1. The molecule has 37 heavy (non-hydrogen) atoms. The molecule has 0 aliphatic carbocycles. The number of nitrogens with one attached hydrogen (secondary N) is 1. The molecular formula is C23H20F3N3O6S2. The maximum absolute atomic E-state index is 12.5. The first-order chi connectivity index (χ1) is 17.4. The van der Waals surface area contributed by atoms with Gasteiger partial charge in [0.15, 0.2) is 0 Å². The minimum Gasteiger partial charge on any atom is -0.506 e. The molecule has 9 nitrogen and oxygen atoms in total. The lowest BCUT2D eigenvalue weighted by molar-refractivity contribution is -0.274. The maximum atomic E-state index is 12.5. The highest BCUT2D eigenvalue weighted by atomic mass is 32.1. The van der Waals surface area contributed by atoms with Gasteiger partial charge >= 0.3 is 12.3 Å². The quantitative estimate of drug-likeness (QED) is 0.258. The molecule has 0 saturated carbocycles. The molecule has 3 N–H and O–H groups in total. The van der Waals surface area contributed by atoms with Gasteiger partial charge in [-0.1, -0.05) is 0 Å². The number of ether oxygens (including phenoxy) is 1. The highest BCUT2D eigenvalue weighted by Gasteiger charge is 2.31. The summed E-state index contributed by atoms with van der Waals surface area (Å²) in [6.07, 6.45) is -5.01. The van der Waals surface area contributed by atoms with Gasteiger partial charge in [-0.3, -0.25) is 14.4 Å². The molecule has 1 aromatic carbocycles. The molecular weight excluding hydrogens is 535 g/mol. The summed E-state index contributed by atoms with van der Waals surface area (Å²) in [6.45, 7) is 1.57. The van der Waals surface area contributed by atoms with Crippen molar-refractivity contribution in [2.75, 3.05) is 13.6 Å². The van der Waals surface area contributed by atoms with Gasteiger partial charge in [-0.2, -0.15) is 5.10 Å². The molecule has 0 aliphatic heterocycles. The smallest absolute Gasteiger partial charge is 0.506 e. The Morgan fingerprint density at radius 1 is 1.11 bits per heavy atom. The van der Waals surface area contributed by atoms with Gasteiger partial charge in [-0.15, -0.1) is 35.8 Å². The SMILES string of the molecule is CC(=NNC(=O)c1ccc(C(=O)N(C)CCC(=O)O)s1)c1csc(-c2ccc(OC(F)(F)F)cc2)c1O. The van der Waals surface area contributed by atoms with Gasteiger partial charge in [0, 0.05) is 19.0 Å². The van der Waals surface area contributed by atoms with Crippen molar-refractivity contribution in [1.82, 2.24) is 10.3 Å². The van der Waals surface area contributed by atoms with E-state index in [9.17, 15) is 32.7 Å². The van der Waals surface area contributed by atoms with Crippen molar-refractivity contribution in [2.45, 2.75) is 19.7 Å². The van der Waals surface area contributed by atoms with Gasteiger partial charge < -0.3 is 19.8 Å². The molecule has 2 heterocycles. The number of aromatic hydroxyl groups is 1. The molecule has 0 saturated heterocycles. The van der Waals surface area contributed by atoms with Crippen molar-refractivity contribution in [3.05, 3.63) is 57.1 Å². The summed E-state index contributed by atoms with van der Waals surface area (Å²) in [5.74, 6) is -2.58. The molecule has 0 aliphatic rings. The summed E-state index contributed by atoms with van der Waals surface area (Å²) in [5.41, 5.74) is 3.40. The second-order valence-electron chi connectivity index (χ2n) is 7.57. The van der Waals surface area contributed by atoms with E-state index in [1.54, 1.807) is 12.3 Å². The van der Waals surface area contributed by atoms with Crippen LogP contribution in [0.4, 0.5) is 13.2 Å². The summed E-state index contributed by atoms with van der Waals surface area (Å²) >= 11 is 2.06. The number of hydrogen-bond acceptors (Lipinski definition) is 8. The number of thiophene rings is 2. The number of benzene rings is 1. The number of carboxylic acids is 1. The van der Waals surface area contributed by atoms with Gasteiger partial charge in [0.05, 0.1) is 32.3 Å². The Bertz CT molecular complexity index is 1330. The third-order valence-electron chi connectivity index (χ3n) is 4.88. The molecule has 3 rings (SSSR count). The standard InChI is InChI=1S/C23H20F3N3O6S2/c1-12(15-11-36-20(19(15)32)13-3-5-14(6-4-13)35-23(24,25)26)27-28-21(33)16-7-8-17(37-16)22(34)29(2)10-9-18(30)31/h3-8,11,32H,9-10H2,1-2H3,(H,28,33)(H,30,31). The molecule has 3 aromatic rings. The molecule has 0 radical (unpaired) electrons. The van der Waals surface area contributed by atoms with E-state index in [2.05, 4.69) is 15.3 Å². The van der Waals surface area contributed by atoms with Gasteiger partial charge in [0.2, 0.25) is 0 Å². The predicted molar refractivity (Wildman–Crippen MR) is 131 cm³/mol. The lowest BCUT2D eigenvalue weighted by Gasteiger charge is -2.14. The van der Waals surface area contributed by atoms with E-state index in [-0.39, 0.29) is 34.2 Å². The molecule has 196 valence electrons. The third kappa shape index (κ3) is 7.30. The van der Waals surface area contributed by atoms with E-state index in [0.717, 1.165) is 34.8 Å². The minimum absolute atomic E-state index is 0.0225. The number of carbonyl (C=O) groups excluding carboxylic acids is 2. The van der Waals surface area contributed by atoms with Crippen LogP contribution in [0.3, 0.4) is 0 Å². The van der Waals surface area contributed by atoms with E-state index < -0.39 is 29.9 Å². The van der Waals surface area contributed by atoms with E-state index in [0.29, 0.717) is 16.0 Å². The molecule has 0 atom stereocenters. The molecule has 0 spiro atoms. The van der Waals surface area contributed by atoms with Crippen molar-refractivity contribution in [1.29, 1.82) is 0 Å². The topological polar surface area (TPSA) is 129 Å². The van der Waals surface area contributed by atoms with Crippen LogP contribution in [0.25, 0.3) is 10.4 Å². The zero-order valence-electron chi connectivity index (χ0n) is 19.3. The van der Waals surface area contributed by atoms with Crippen LogP contribution in [-0.2, 0) is 4.79 Å². The predicted octanol–water partition coefficient (Wildman–Crippen LogP) is 4.78. The van der Waals surface area contributed by atoms with Crippen LogP contribution in [-0.4, -0.2) is 58.6 Å². The zero-order valence-corrected chi connectivity index (χ0v) is 21.0. The van der Waals surface area contributed by atoms with Gasteiger partial charge in [0.1, 0.15) is 11.5 Å².